The average Bonchev–Trinajstić information content (AvgIpc) is 2.82. The number of halogens is 2. The lowest BCUT2D eigenvalue weighted by Gasteiger charge is -2.14. The fourth-order valence-corrected chi connectivity index (χ4v) is 3.78. The quantitative estimate of drug-likeness (QED) is 0.402. The lowest BCUT2D eigenvalue weighted by Crippen LogP contribution is -2.22. The number of methoxy groups -OCH3 is 1. The van der Waals surface area contributed by atoms with Gasteiger partial charge >= 0.3 is 0 Å². The Labute approximate surface area is 189 Å². The van der Waals surface area contributed by atoms with Crippen molar-refractivity contribution in [2.45, 2.75) is 19.9 Å². The third-order valence-electron chi connectivity index (χ3n) is 5.55. The van der Waals surface area contributed by atoms with Crippen molar-refractivity contribution in [3.05, 3.63) is 82.3 Å². The van der Waals surface area contributed by atoms with Crippen LogP contribution in [0.3, 0.4) is 0 Å². The Hall–Kier alpha value is -3.94. The van der Waals surface area contributed by atoms with Gasteiger partial charge in [-0.3, -0.25) is 4.79 Å². The van der Waals surface area contributed by atoms with Crippen LogP contribution in [0.15, 0.2) is 59.5 Å². The van der Waals surface area contributed by atoms with E-state index < -0.39 is 11.6 Å². The summed E-state index contributed by atoms with van der Waals surface area (Å²) < 4.78 is 34.7. The highest BCUT2D eigenvalue weighted by Crippen LogP contribution is 2.27. The van der Waals surface area contributed by atoms with E-state index in [2.05, 4.69) is 10.3 Å². The first-order valence-electron chi connectivity index (χ1n) is 10.6. The molecule has 0 bridgehead atoms. The van der Waals surface area contributed by atoms with Gasteiger partial charge in [0.05, 0.1) is 23.9 Å². The molecule has 4 rings (SSSR count). The summed E-state index contributed by atoms with van der Waals surface area (Å²) in [5.74, 6) is -0.268. The number of rotatable bonds is 7. The molecule has 0 spiro atoms. The first-order chi connectivity index (χ1) is 15.9. The number of hydrogen-bond acceptors (Lipinski definition) is 5. The maximum Gasteiger partial charge on any atom is 0.259 e. The van der Waals surface area contributed by atoms with E-state index in [4.69, 9.17) is 10.5 Å². The van der Waals surface area contributed by atoms with E-state index in [1.807, 2.05) is 31.2 Å². The van der Waals surface area contributed by atoms with Crippen molar-refractivity contribution in [3.8, 4) is 16.9 Å². The molecular formula is C25H24F2N4O2. The number of anilines is 2. The second-order valence-electron chi connectivity index (χ2n) is 7.61. The Bertz CT molecular complexity index is 1370. The summed E-state index contributed by atoms with van der Waals surface area (Å²) in [5, 5.41) is 3.94. The van der Waals surface area contributed by atoms with E-state index in [0.29, 0.717) is 35.9 Å². The van der Waals surface area contributed by atoms with E-state index in [9.17, 15) is 13.6 Å². The number of ether oxygens (including phenoxy) is 1. The molecule has 0 atom stereocenters. The third kappa shape index (κ3) is 4.50. The van der Waals surface area contributed by atoms with Gasteiger partial charge in [-0.2, -0.15) is 0 Å². The van der Waals surface area contributed by atoms with Crippen LogP contribution in [0.2, 0.25) is 0 Å². The van der Waals surface area contributed by atoms with Crippen LogP contribution in [0.5, 0.6) is 5.75 Å². The molecule has 0 aliphatic heterocycles. The molecule has 0 aliphatic carbocycles. The van der Waals surface area contributed by atoms with Crippen LogP contribution in [0.25, 0.3) is 22.0 Å². The van der Waals surface area contributed by atoms with Gasteiger partial charge in [-0.05, 0) is 43.2 Å². The Kier molecular flexibility index (Phi) is 6.26. The van der Waals surface area contributed by atoms with Gasteiger partial charge in [-0.15, -0.1) is 0 Å². The lowest BCUT2D eigenvalue weighted by molar-refractivity contribution is 0.414. The van der Waals surface area contributed by atoms with E-state index in [1.165, 1.54) is 0 Å². The first kappa shape index (κ1) is 22.3. The Morgan fingerprint density at radius 1 is 1.06 bits per heavy atom. The summed E-state index contributed by atoms with van der Waals surface area (Å²) in [4.78, 5) is 17.6. The van der Waals surface area contributed by atoms with Crippen LogP contribution in [-0.4, -0.2) is 23.2 Å². The molecule has 0 fully saturated rings. The molecule has 0 unspecified atom stereocenters. The zero-order chi connectivity index (χ0) is 23.5. The number of hydrogen-bond donors (Lipinski definition) is 2. The number of nitrogens with two attached hydrogens (primary N) is 1. The van der Waals surface area contributed by atoms with E-state index in [-0.39, 0.29) is 22.4 Å². The normalized spacial score (nSPS) is 11.0. The second kappa shape index (κ2) is 9.28. The van der Waals surface area contributed by atoms with E-state index in [0.717, 1.165) is 23.8 Å². The zero-order valence-electron chi connectivity index (χ0n) is 18.4. The van der Waals surface area contributed by atoms with Crippen LogP contribution >= 0.6 is 0 Å². The van der Waals surface area contributed by atoms with Gasteiger partial charge < -0.3 is 20.4 Å². The predicted octanol–water partition coefficient (Wildman–Crippen LogP) is 4.61. The third-order valence-corrected chi connectivity index (χ3v) is 5.55. The smallest absolute Gasteiger partial charge is 0.259 e. The van der Waals surface area contributed by atoms with Crippen molar-refractivity contribution in [2.75, 3.05) is 24.7 Å². The van der Waals surface area contributed by atoms with Crippen LogP contribution in [0.4, 0.5) is 20.3 Å². The summed E-state index contributed by atoms with van der Waals surface area (Å²) in [6.07, 6.45) is 2.42. The zero-order valence-corrected chi connectivity index (χ0v) is 18.4. The summed E-state index contributed by atoms with van der Waals surface area (Å²) >= 11 is 0. The number of aromatic nitrogens is 2. The molecule has 0 radical (unpaired) electrons. The van der Waals surface area contributed by atoms with Crippen LogP contribution in [-0.2, 0) is 13.0 Å². The largest absolute Gasteiger partial charge is 0.497 e. The molecule has 4 aromatic rings. The molecule has 2 aromatic carbocycles. The molecule has 33 heavy (non-hydrogen) atoms. The van der Waals surface area contributed by atoms with Crippen LogP contribution in [0.1, 0.15) is 12.5 Å². The number of pyridine rings is 2. The number of aryl methyl sites for hydroxylation is 1. The van der Waals surface area contributed by atoms with Crippen molar-refractivity contribution < 1.29 is 13.5 Å². The van der Waals surface area contributed by atoms with Gasteiger partial charge in [0, 0.05) is 42.4 Å². The van der Waals surface area contributed by atoms with Gasteiger partial charge in [0.25, 0.3) is 5.56 Å². The van der Waals surface area contributed by atoms with Crippen molar-refractivity contribution in [1.82, 2.24) is 9.55 Å². The second-order valence-corrected chi connectivity index (χ2v) is 7.61. The SMILES string of the molecule is CCn1c(=O)c(-c2cc(N)c(F)cc2F)cc2cnc(NCCc3ccc(OC)cc3)cc21. The van der Waals surface area contributed by atoms with E-state index in [1.54, 1.807) is 30.0 Å². The molecule has 8 heteroatoms. The van der Waals surface area contributed by atoms with Crippen molar-refractivity contribution in [1.29, 1.82) is 0 Å². The van der Waals surface area contributed by atoms with E-state index >= 15 is 0 Å². The highest BCUT2D eigenvalue weighted by Gasteiger charge is 2.16. The molecule has 2 aromatic heterocycles. The summed E-state index contributed by atoms with van der Waals surface area (Å²) in [7, 11) is 1.63. The molecule has 0 saturated carbocycles. The number of nitrogens with zero attached hydrogens (tertiary/aromatic N) is 2. The molecule has 0 amide bonds. The maximum absolute atomic E-state index is 14.4. The fraction of sp³-hybridized carbons (Fsp3) is 0.200. The lowest BCUT2D eigenvalue weighted by atomic mass is 10.0. The topological polar surface area (TPSA) is 82.2 Å². The molecule has 3 N–H and O–H groups in total. The van der Waals surface area contributed by atoms with Crippen LogP contribution < -0.4 is 21.3 Å². The summed E-state index contributed by atoms with van der Waals surface area (Å²) in [6, 6.07) is 13.0. The fourth-order valence-electron chi connectivity index (χ4n) is 3.78. The van der Waals surface area contributed by atoms with Crippen molar-refractivity contribution in [2.24, 2.45) is 0 Å². The van der Waals surface area contributed by atoms with Gasteiger partial charge in [0.2, 0.25) is 0 Å². The monoisotopic (exact) mass is 450 g/mol. The maximum atomic E-state index is 14.4. The number of nitrogens with one attached hydrogen (secondary N) is 1. The predicted molar refractivity (Wildman–Crippen MR) is 127 cm³/mol. The first-order valence-corrected chi connectivity index (χ1v) is 10.6. The van der Waals surface area contributed by atoms with Crippen molar-refractivity contribution in [3.63, 3.8) is 0 Å². The minimum absolute atomic E-state index is 0.0373. The molecular weight excluding hydrogens is 426 g/mol. The summed E-state index contributed by atoms with van der Waals surface area (Å²) in [5.41, 5.74) is 6.89. The van der Waals surface area contributed by atoms with Gasteiger partial charge in [-0.1, -0.05) is 12.1 Å². The Morgan fingerprint density at radius 2 is 1.82 bits per heavy atom. The average molecular weight is 450 g/mol. The minimum atomic E-state index is -0.861. The highest BCUT2D eigenvalue weighted by atomic mass is 19.1. The summed E-state index contributed by atoms with van der Waals surface area (Å²) in [6.45, 7) is 2.85. The van der Waals surface area contributed by atoms with Gasteiger partial charge in [0.15, 0.2) is 0 Å². The number of nitrogen functional groups attached to an aromatic ring is 1. The standard InChI is InChI=1S/C25H24F2N4O2/c1-3-31-23-13-24(29-9-8-15-4-6-17(33-2)7-5-15)30-14-16(23)10-19(25(31)32)18-11-22(28)21(27)12-20(18)26/h4-7,10-14H,3,8-9,28H2,1-2H3,(H,29,30). The Morgan fingerprint density at radius 3 is 2.52 bits per heavy atom. The molecule has 0 aliphatic rings. The highest BCUT2D eigenvalue weighted by molar-refractivity contribution is 5.85. The number of fused-ring (bicyclic) bond motifs is 1. The molecule has 170 valence electrons. The van der Waals surface area contributed by atoms with Gasteiger partial charge in [-0.25, -0.2) is 13.8 Å². The minimum Gasteiger partial charge on any atom is -0.497 e. The molecule has 6 nitrogen and oxygen atoms in total. The molecule has 0 saturated heterocycles. The molecule has 2 heterocycles. The number of benzene rings is 2. The van der Waals surface area contributed by atoms with Gasteiger partial charge in [0.1, 0.15) is 23.2 Å². The Balaban J connectivity index is 1.63. The van der Waals surface area contributed by atoms with Crippen molar-refractivity contribution >= 4 is 22.4 Å². The van der Waals surface area contributed by atoms with Crippen LogP contribution in [0, 0.1) is 11.6 Å².